The lowest BCUT2D eigenvalue weighted by molar-refractivity contribution is 0.305. The number of ether oxygens (including phenoxy) is 1. The summed E-state index contributed by atoms with van der Waals surface area (Å²) in [6.45, 7) is 4.81. The first-order chi connectivity index (χ1) is 7.75. The molecule has 0 unspecified atom stereocenters. The van der Waals surface area contributed by atoms with Crippen LogP contribution >= 0.6 is 0 Å². The topological polar surface area (TPSA) is 9.23 Å². The van der Waals surface area contributed by atoms with Crippen LogP contribution in [-0.2, 0) is 6.61 Å². The van der Waals surface area contributed by atoms with Crippen molar-refractivity contribution in [2.45, 2.75) is 20.5 Å². The van der Waals surface area contributed by atoms with Gasteiger partial charge in [-0.2, -0.15) is 0 Å². The van der Waals surface area contributed by atoms with Crippen LogP contribution in [0.25, 0.3) is 0 Å². The van der Waals surface area contributed by atoms with Gasteiger partial charge < -0.3 is 4.74 Å². The van der Waals surface area contributed by atoms with E-state index in [4.69, 9.17) is 4.74 Å². The van der Waals surface area contributed by atoms with Crippen molar-refractivity contribution in [1.82, 2.24) is 0 Å². The molecule has 0 aromatic heterocycles. The second-order valence-electron chi connectivity index (χ2n) is 4.03. The van der Waals surface area contributed by atoms with E-state index in [0.717, 1.165) is 5.75 Å². The van der Waals surface area contributed by atoms with Gasteiger partial charge >= 0.3 is 0 Å². The highest BCUT2D eigenvalue weighted by molar-refractivity contribution is 5.29. The van der Waals surface area contributed by atoms with E-state index >= 15 is 0 Å². The Labute approximate surface area is 96.7 Å². The standard InChI is InChI=1S/C15H16O/c1-12-6-5-9-15(10-12)16-11-14-8-4-3-7-13(14)2/h3-10H,11H2,1-2H3. The van der Waals surface area contributed by atoms with Crippen molar-refractivity contribution in [3.8, 4) is 5.75 Å². The van der Waals surface area contributed by atoms with E-state index in [9.17, 15) is 0 Å². The lowest BCUT2D eigenvalue weighted by Crippen LogP contribution is -1.97. The highest BCUT2D eigenvalue weighted by Gasteiger charge is 1.98. The molecule has 0 fully saturated rings. The molecule has 16 heavy (non-hydrogen) atoms. The molecule has 2 aromatic rings. The van der Waals surface area contributed by atoms with Gasteiger partial charge in [0.05, 0.1) is 0 Å². The summed E-state index contributed by atoms with van der Waals surface area (Å²) in [6, 6.07) is 16.4. The fourth-order valence-electron chi connectivity index (χ4n) is 1.64. The van der Waals surface area contributed by atoms with Crippen LogP contribution in [0.3, 0.4) is 0 Å². The molecule has 82 valence electrons. The van der Waals surface area contributed by atoms with Crippen LogP contribution in [0.4, 0.5) is 0 Å². The molecule has 1 heteroatoms. The van der Waals surface area contributed by atoms with Gasteiger partial charge in [0, 0.05) is 0 Å². The summed E-state index contributed by atoms with van der Waals surface area (Å²) in [5.41, 5.74) is 3.74. The molecule has 2 aromatic carbocycles. The smallest absolute Gasteiger partial charge is 0.120 e. The van der Waals surface area contributed by atoms with Gasteiger partial charge in [0.15, 0.2) is 0 Å². The van der Waals surface area contributed by atoms with Crippen molar-refractivity contribution in [3.63, 3.8) is 0 Å². The Morgan fingerprint density at radius 2 is 1.75 bits per heavy atom. The van der Waals surface area contributed by atoms with Crippen molar-refractivity contribution in [2.24, 2.45) is 0 Å². The third-order valence-corrected chi connectivity index (χ3v) is 2.65. The van der Waals surface area contributed by atoms with Gasteiger partial charge in [-0.1, -0.05) is 36.4 Å². The highest BCUT2D eigenvalue weighted by atomic mass is 16.5. The molecule has 2 rings (SSSR count). The van der Waals surface area contributed by atoms with Crippen molar-refractivity contribution >= 4 is 0 Å². The maximum absolute atomic E-state index is 5.75. The quantitative estimate of drug-likeness (QED) is 0.750. The molecule has 0 radical (unpaired) electrons. The molecule has 0 N–H and O–H groups in total. The maximum Gasteiger partial charge on any atom is 0.120 e. The normalized spacial score (nSPS) is 10.1. The van der Waals surface area contributed by atoms with E-state index in [0.29, 0.717) is 6.61 Å². The monoisotopic (exact) mass is 212 g/mol. The molecular weight excluding hydrogens is 196 g/mol. The van der Waals surface area contributed by atoms with E-state index < -0.39 is 0 Å². The predicted octanol–water partition coefficient (Wildman–Crippen LogP) is 3.88. The first-order valence-electron chi connectivity index (χ1n) is 5.50. The summed E-state index contributed by atoms with van der Waals surface area (Å²) < 4.78 is 5.75. The SMILES string of the molecule is Cc1cccc(OCc2ccccc2C)c1. The van der Waals surface area contributed by atoms with Crippen molar-refractivity contribution in [2.75, 3.05) is 0 Å². The largest absolute Gasteiger partial charge is 0.489 e. The molecule has 1 nitrogen and oxygen atoms in total. The van der Waals surface area contributed by atoms with Crippen LogP contribution in [0.2, 0.25) is 0 Å². The Hall–Kier alpha value is -1.76. The van der Waals surface area contributed by atoms with Crippen molar-refractivity contribution in [3.05, 3.63) is 65.2 Å². The summed E-state index contributed by atoms with van der Waals surface area (Å²) in [5, 5.41) is 0. The summed E-state index contributed by atoms with van der Waals surface area (Å²) in [7, 11) is 0. The van der Waals surface area contributed by atoms with Gasteiger partial charge in [-0.05, 0) is 42.7 Å². The zero-order valence-electron chi connectivity index (χ0n) is 9.73. The molecule has 0 heterocycles. The first kappa shape index (κ1) is 10.7. The van der Waals surface area contributed by atoms with Gasteiger partial charge in [-0.3, -0.25) is 0 Å². The zero-order valence-corrected chi connectivity index (χ0v) is 9.73. The Morgan fingerprint density at radius 1 is 0.938 bits per heavy atom. The minimum Gasteiger partial charge on any atom is -0.489 e. The third-order valence-electron chi connectivity index (χ3n) is 2.65. The Kier molecular flexibility index (Phi) is 3.25. The molecule has 0 aliphatic rings. The van der Waals surface area contributed by atoms with Gasteiger partial charge in [-0.25, -0.2) is 0 Å². The molecule has 0 saturated carbocycles. The fraction of sp³-hybridized carbons (Fsp3) is 0.200. The number of aryl methyl sites for hydroxylation is 2. The van der Waals surface area contributed by atoms with Crippen LogP contribution in [0.15, 0.2) is 48.5 Å². The van der Waals surface area contributed by atoms with E-state index in [1.165, 1.54) is 16.7 Å². The van der Waals surface area contributed by atoms with Crippen molar-refractivity contribution in [1.29, 1.82) is 0 Å². The zero-order chi connectivity index (χ0) is 11.4. The first-order valence-corrected chi connectivity index (χ1v) is 5.50. The fourth-order valence-corrected chi connectivity index (χ4v) is 1.64. The second-order valence-corrected chi connectivity index (χ2v) is 4.03. The number of rotatable bonds is 3. The molecule has 0 aliphatic heterocycles. The van der Waals surface area contributed by atoms with Crippen molar-refractivity contribution < 1.29 is 4.74 Å². The van der Waals surface area contributed by atoms with E-state index in [1.54, 1.807) is 0 Å². The van der Waals surface area contributed by atoms with Gasteiger partial charge in [-0.15, -0.1) is 0 Å². The summed E-state index contributed by atoms with van der Waals surface area (Å²) in [4.78, 5) is 0. The maximum atomic E-state index is 5.75. The molecule has 0 amide bonds. The predicted molar refractivity (Wildman–Crippen MR) is 66.7 cm³/mol. The Bertz CT molecular complexity index is 474. The molecule has 0 aliphatic carbocycles. The third kappa shape index (κ3) is 2.63. The molecular formula is C15H16O. The minimum atomic E-state index is 0.635. The molecule has 0 saturated heterocycles. The average Bonchev–Trinajstić information content (AvgIpc) is 2.28. The molecule has 0 bridgehead atoms. The lowest BCUT2D eigenvalue weighted by atomic mass is 10.1. The Morgan fingerprint density at radius 3 is 2.50 bits per heavy atom. The molecule has 0 atom stereocenters. The van der Waals surface area contributed by atoms with E-state index in [-0.39, 0.29) is 0 Å². The summed E-state index contributed by atoms with van der Waals surface area (Å²) in [5.74, 6) is 0.934. The Balaban J connectivity index is 2.05. The summed E-state index contributed by atoms with van der Waals surface area (Å²) in [6.07, 6.45) is 0. The minimum absolute atomic E-state index is 0.635. The number of hydrogen-bond donors (Lipinski definition) is 0. The van der Waals surface area contributed by atoms with Gasteiger partial charge in [0.2, 0.25) is 0 Å². The van der Waals surface area contributed by atoms with Crippen LogP contribution in [0.1, 0.15) is 16.7 Å². The second kappa shape index (κ2) is 4.84. The average molecular weight is 212 g/mol. The van der Waals surface area contributed by atoms with Gasteiger partial charge in [0.1, 0.15) is 12.4 Å². The molecule has 0 spiro atoms. The van der Waals surface area contributed by atoms with Crippen LogP contribution in [0.5, 0.6) is 5.75 Å². The van der Waals surface area contributed by atoms with Crippen LogP contribution in [0, 0.1) is 13.8 Å². The van der Waals surface area contributed by atoms with E-state index in [1.807, 2.05) is 24.3 Å². The van der Waals surface area contributed by atoms with E-state index in [2.05, 4.69) is 38.1 Å². The number of benzene rings is 2. The van der Waals surface area contributed by atoms with Crippen LogP contribution < -0.4 is 4.74 Å². The van der Waals surface area contributed by atoms with Gasteiger partial charge in [0.25, 0.3) is 0 Å². The number of hydrogen-bond acceptors (Lipinski definition) is 1. The summed E-state index contributed by atoms with van der Waals surface area (Å²) >= 11 is 0. The lowest BCUT2D eigenvalue weighted by Gasteiger charge is -2.08. The highest BCUT2D eigenvalue weighted by Crippen LogP contribution is 2.15. The van der Waals surface area contributed by atoms with Crippen LogP contribution in [-0.4, -0.2) is 0 Å².